The summed E-state index contributed by atoms with van der Waals surface area (Å²) in [7, 11) is 0. The second-order valence-corrected chi connectivity index (χ2v) is 7.12. The largest absolute Gasteiger partial charge is 0.349 e. The van der Waals surface area contributed by atoms with Gasteiger partial charge in [0.25, 0.3) is 0 Å². The van der Waals surface area contributed by atoms with Gasteiger partial charge in [-0.2, -0.15) is 0 Å². The summed E-state index contributed by atoms with van der Waals surface area (Å²) in [6, 6.07) is 5.70. The minimum absolute atomic E-state index is 0.164. The van der Waals surface area contributed by atoms with Gasteiger partial charge in [-0.25, -0.2) is 0 Å². The van der Waals surface area contributed by atoms with E-state index < -0.39 is 5.54 Å². The summed E-state index contributed by atoms with van der Waals surface area (Å²) in [4.78, 5) is 29.0. The van der Waals surface area contributed by atoms with Crippen LogP contribution in [0.4, 0.5) is 0 Å². The molecule has 0 radical (unpaired) electrons. The van der Waals surface area contributed by atoms with Gasteiger partial charge in [0.15, 0.2) is 0 Å². The smallest absolute Gasteiger partial charge is 0.246 e. The molecule has 0 aliphatic heterocycles. The van der Waals surface area contributed by atoms with E-state index in [2.05, 4.69) is 22.2 Å². The predicted molar refractivity (Wildman–Crippen MR) is 96.4 cm³/mol. The molecule has 0 bridgehead atoms. The number of carbonyl (C=O) groups is 2. The van der Waals surface area contributed by atoms with E-state index in [4.69, 9.17) is 0 Å². The lowest BCUT2D eigenvalue weighted by Gasteiger charge is -2.36. The number of carbonyl (C=O) groups excluding carboxylic acids is 2. The van der Waals surface area contributed by atoms with Crippen molar-refractivity contribution in [2.75, 3.05) is 0 Å². The van der Waals surface area contributed by atoms with E-state index >= 15 is 0 Å². The molecule has 0 aliphatic rings. The molecule has 1 rings (SSSR count). The molecule has 1 heterocycles. The first-order valence-electron chi connectivity index (χ1n) is 8.31. The zero-order valence-corrected chi connectivity index (χ0v) is 15.2. The van der Waals surface area contributed by atoms with Crippen molar-refractivity contribution in [3.05, 3.63) is 42.7 Å². The molecule has 2 N–H and O–H groups in total. The first-order valence-corrected chi connectivity index (χ1v) is 8.31. The van der Waals surface area contributed by atoms with Crippen molar-refractivity contribution < 1.29 is 9.59 Å². The Kier molecular flexibility index (Phi) is 7.14. The molecule has 0 aromatic carbocycles. The molecule has 0 saturated heterocycles. The average Bonchev–Trinajstić information content (AvgIpc) is 2.49. The highest BCUT2D eigenvalue weighted by Crippen LogP contribution is 2.22. The number of hydrogen-bond donors (Lipinski definition) is 2. The van der Waals surface area contributed by atoms with Crippen molar-refractivity contribution in [3.63, 3.8) is 0 Å². The molecule has 1 aromatic heterocycles. The maximum atomic E-state index is 13.0. The van der Waals surface area contributed by atoms with Gasteiger partial charge in [-0.05, 0) is 58.6 Å². The molecule has 24 heavy (non-hydrogen) atoms. The molecule has 0 spiro atoms. The topological polar surface area (TPSA) is 71.1 Å². The second kappa shape index (κ2) is 8.62. The fourth-order valence-electron chi connectivity index (χ4n) is 2.57. The second-order valence-electron chi connectivity index (χ2n) is 7.12. The number of pyridine rings is 1. The minimum Gasteiger partial charge on any atom is -0.349 e. The minimum atomic E-state index is -0.967. The van der Waals surface area contributed by atoms with Gasteiger partial charge in [0.05, 0.1) is 0 Å². The number of allylic oxidation sites excluding steroid dienone is 1. The van der Waals surface area contributed by atoms with Crippen molar-refractivity contribution in [2.24, 2.45) is 0 Å². The highest BCUT2D eigenvalue weighted by atomic mass is 16.2. The first kappa shape index (κ1) is 19.9. The molecule has 5 heteroatoms. The van der Waals surface area contributed by atoms with Crippen molar-refractivity contribution in [3.8, 4) is 0 Å². The highest BCUT2D eigenvalue weighted by Gasteiger charge is 2.39. The van der Waals surface area contributed by atoms with E-state index in [1.807, 2.05) is 39.0 Å². The Balaban J connectivity index is 3.06. The number of aryl methyl sites for hydroxylation is 1. The molecule has 2 amide bonds. The Morgan fingerprint density at radius 3 is 2.42 bits per heavy atom. The maximum absolute atomic E-state index is 13.0. The van der Waals surface area contributed by atoms with Crippen LogP contribution in [0.3, 0.4) is 0 Å². The Morgan fingerprint density at radius 1 is 1.21 bits per heavy atom. The molecule has 1 atom stereocenters. The molecular formula is C19H29N3O2. The summed E-state index contributed by atoms with van der Waals surface area (Å²) in [6.07, 6.45) is 5.73. The van der Waals surface area contributed by atoms with Gasteiger partial charge >= 0.3 is 0 Å². The molecule has 0 fully saturated rings. The molecule has 132 valence electrons. The molecular weight excluding hydrogens is 302 g/mol. The summed E-state index contributed by atoms with van der Waals surface area (Å²) in [5.74, 6) is -0.382. The first-order chi connectivity index (χ1) is 11.2. The van der Waals surface area contributed by atoms with Gasteiger partial charge in [0.2, 0.25) is 11.8 Å². The number of rotatable bonds is 8. The summed E-state index contributed by atoms with van der Waals surface area (Å²) in [5, 5.41) is 5.90. The SMILES string of the molecule is C=CCCC(CCc1ccccn1)(NC(C)=O)C(=O)NC(C)(C)C. The lowest BCUT2D eigenvalue weighted by molar-refractivity contribution is -0.134. The molecule has 0 saturated carbocycles. The highest BCUT2D eigenvalue weighted by molar-refractivity contribution is 5.91. The summed E-state index contributed by atoms with van der Waals surface area (Å²) in [6.45, 7) is 11.0. The zero-order valence-electron chi connectivity index (χ0n) is 15.2. The monoisotopic (exact) mass is 331 g/mol. The maximum Gasteiger partial charge on any atom is 0.246 e. The van der Waals surface area contributed by atoms with Crippen LogP contribution in [0, 0.1) is 0 Å². The number of amides is 2. The fourth-order valence-corrected chi connectivity index (χ4v) is 2.57. The number of nitrogens with one attached hydrogen (secondary N) is 2. The number of nitrogens with zero attached hydrogens (tertiary/aromatic N) is 1. The summed E-state index contributed by atoms with van der Waals surface area (Å²) >= 11 is 0. The Hall–Kier alpha value is -2.17. The Labute approximate surface area is 144 Å². The molecule has 1 unspecified atom stereocenters. The van der Waals surface area contributed by atoms with Crippen LogP contribution in [0.15, 0.2) is 37.1 Å². The van der Waals surface area contributed by atoms with E-state index in [0.29, 0.717) is 25.7 Å². The third-order valence-electron chi connectivity index (χ3n) is 3.65. The fraction of sp³-hybridized carbons (Fsp3) is 0.526. The van der Waals surface area contributed by atoms with Gasteiger partial charge in [0.1, 0.15) is 5.54 Å². The van der Waals surface area contributed by atoms with Gasteiger partial charge < -0.3 is 10.6 Å². The molecule has 1 aromatic rings. The van der Waals surface area contributed by atoms with Crippen molar-refractivity contribution >= 4 is 11.8 Å². The van der Waals surface area contributed by atoms with Crippen LogP contribution in [-0.4, -0.2) is 27.9 Å². The van der Waals surface area contributed by atoms with E-state index in [1.165, 1.54) is 6.92 Å². The van der Waals surface area contributed by atoms with Crippen molar-refractivity contribution in [1.29, 1.82) is 0 Å². The van der Waals surface area contributed by atoms with Crippen molar-refractivity contribution in [1.82, 2.24) is 15.6 Å². The van der Waals surface area contributed by atoms with E-state index in [9.17, 15) is 9.59 Å². The Morgan fingerprint density at radius 2 is 1.92 bits per heavy atom. The third-order valence-corrected chi connectivity index (χ3v) is 3.65. The quantitative estimate of drug-likeness (QED) is 0.720. The number of aromatic nitrogens is 1. The zero-order chi connectivity index (χ0) is 18.2. The van der Waals surface area contributed by atoms with Crippen LogP contribution < -0.4 is 10.6 Å². The lowest BCUT2D eigenvalue weighted by Crippen LogP contribution is -2.61. The summed E-state index contributed by atoms with van der Waals surface area (Å²) in [5.41, 5.74) is -0.445. The van der Waals surface area contributed by atoms with Crippen LogP contribution in [0.25, 0.3) is 0 Å². The van der Waals surface area contributed by atoms with E-state index in [1.54, 1.807) is 12.3 Å². The van der Waals surface area contributed by atoms with Crippen LogP contribution >= 0.6 is 0 Å². The average molecular weight is 331 g/mol. The van der Waals surface area contributed by atoms with E-state index in [-0.39, 0.29) is 17.4 Å². The standard InChI is InChI=1S/C19H29N3O2/c1-6-7-12-19(21-15(2)23,17(24)22-18(3,4)5)13-11-16-10-8-9-14-20-16/h6,8-10,14H,1,7,11-13H2,2-5H3,(H,21,23)(H,22,24). The Bertz CT molecular complexity index is 564. The third kappa shape index (κ3) is 6.52. The van der Waals surface area contributed by atoms with Crippen LogP contribution in [0.5, 0.6) is 0 Å². The van der Waals surface area contributed by atoms with Gasteiger partial charge in [0, 0.05) is 24.4 Å². The normalized spacial score (nSPS) is 13.7. The summed E-state index contributed by atoms with van der Waals surface area (Å²) < 4.78 is 0. The lowest BCUT2D eigenvalue weighted by atomic mass is 9.85. The van der Waals surface area contributed by atoms with Crippen LogP contribution in [-0.2, 0) is 16.0 Å². The van der Waals surface area contributed by atoms with Gasteiger partial charge in [-0.3, -0.25) is 14.6 Å². The van der Waals surface area contributed by atoms with Gasteiger partial charge in [-0.15, -0.1) is 6.58 Å². The molecule has 0 aliphatic carbocycles. The van der Waals surface area contributed by atoms with E-state index in [0.717, 1.165) is 5.69 Å². The van der Waals surface area contributed by atoms with Crippen molar-refractivity contribution in [2.45, 2.75) is 64.5 Å². The van der Waals surface area contributed by atoms with Crippen LogP contribution in [0.1, 0.15) is 52.7 Å². The van der Waals surface area contributed by atoms with Crippen LogP contribution in [0.2, 0.25) is 0 Å². The van der Waals surface area contributed by atoms with Gasteiger partial charge in [-0.1, -0.05) is 12.1 Å². The molecule has 5 nitrogen and oxygen atoms in total. The number of hydrogen-bond acceptors (Lipinski definition) is 3. The predicted octanol–water partition coefficient (Wildman–Crippen LogP) is 2.77.